The number of hydrogen-bond acceptors (Lipinski definition) is 4. The van der Waals surface area contributed by atoms with Crippen LogP contribution in [0.2, 0.25) is 0 Å². The molecule has 0 aliphatic rings. The fourth-order valence-corrected chi connectivity index (χ4v) is 3.36. The first-order valence-electron chi connectivity index (χ1n) is 6.49. The molecule has 0 N–H and O–H groups in total. The Labute approximate surface area is 127 Å². The summed E-state index contributed by atoms with van der Waals surface area (Å²) in [6, 6.07) is 11.8. The summed E-state index contributed by atoms with van der Waals surface area (Å²) in [5.74, 6) is -0.313. The molecule has 3 aromatic rings. The van der Waals surface area contributed by atoms with Crippen LogP contribution in [0.25, 0.3) is 11.3 Å². The lowest BCUT2D eigenvalue weighted by atomic mass is 10.2. The second-order valence-electron chi connectivity index (χ2n) is 4.81. The van der Waals surface area contributed by atoms with Crippen LogP contribution in [0.3, 0.4) is 0 Å². The van der Waals surface area contributed by atoms with Crippen LogP contribution in [0.15, 0.2) is 69.3 Å². The van der Waals surface area contributed by atoms with Crippen LogP contribution in [0.4, 0.5) is 4.39 Å². The Hall–Kier alpha value is -2.47. The van der Waals surface area contributed by atoms with Gasteiger partial charge in [-0.05, 0) is 43.3 Å². The van der Waals surface area contributed by atoms with Crippen molar-refractivity contribution < 1.29 is 17.2 Å². The van der Waals surface area contributed by atoms with E-state index in [2.05, 4.69) is 4.98 Å². The summed E-state index contributed by atoms with van der Waals surface area (Å²) >= 11 is 0. The number of sulfone groups is 1. The van der Waals surface area contributed by atoms with Crippen LogP contribution in [0.5, 0.6) is 0 Å². The Morgan fingerprint density at radius 2 is 1.64 bits per heavy atom. The first-order chi connectivity index (χ1) is 10.5. The molecule has 0 bridgehead atoms. The zero-order valence-electron chi connectivity index (χ0n) is 11.7. The maximum atomic E-state index is 13.0. The predicted molar refractivity (Wildman–Crippen MR) is 78.5 cm³/mol. The molecular formula is C16H12FNO3S. The minimum atomic E-state index is -3.80. The van der Waals surface area contributed by atoms with Crippen LogP contribution >= 0.6 is 0 Å². The van der Waals surface area contributed by atoms with E-state index in [0.717, 1.165) is 12.0 Å². The fourth-order valence-electron chi connectivity index (χ4n) is 2.05. The summed E-state index contributed by atoms with van der Waals surface area (Å²) in [6.45, 7) is 1.87. The van der Waals surface area contributed by atoms with Gasteiger partial charge in [-0.3, -0.25) is 0 Å². The number of aromatic nitrogens is 1. The summed E-state index contributed by atoms with van der Waals surface area (Å²) < 4.78 is 43.6. The van der Waals surface area contributed by atoms with Gasteiger partial charge in [0.2, 0.25) is 14.9 Å². The molecule has 0 aliphatic carbocycles. The zero-order chi connectivity index (χ0) is 15.7. The van der Waals surface area contributed by atoms with Gasteiger partial charge in [0, 0.05) is 5.56 Å². The smallest absolute Gasteiger partial charge is 0.227 e. The van der Waals surface area contributed by atoms with Gasteiger partial charge in [-0.15, -0.1) is 0 Å². The molecule has 0 unspecified atom stereocenters. The SMILES string of the molecule is Cc1ccc(S(=O)(=O)c2ncoc2-c2ccc(F)cc2)cc1. The van der Waals surface area contributed by atoms with E-state index in [1.807, 2.05) is 6.92 Å². The van der Waals surface area contributed by atoms with Gasteiger partial charge in [0.25, 0.3) is 0 Å². The van der Waals surface area contributed by atoms with Gasteiger partial charge in [-0.1, -0.05) is 17.7 Å². The van der Waals surface area contributed by atoms with Gasteiger partial charge in [-0.25, -0.2) is 17.8 Å². The van der Waals surface area contributed by atoms with Crippen molar-refractivity contribution in [3.05, 3.63) is 66.3 Å². The topological polar surface area (TPSA) is 60.2 Å². The van der Waals surface area contributed by atoms with Crippen LogP contribution < -0.4 is 0 Å². The van der Waals surface area contributed by atoms with Crippen LogP contribution in [0.1, 0.15) is 5.56 Å². The van der Waals surface area contributed by atoms with E-state index in [-0.39, 0.29) is 15.7 Å². The Balaban J connectivity index is 2.11. The number of oxazole rings is 1. The normalized spacial score (nSPS) is 11.5. The maximum absolute atomic E-state index is 13.0. The van der Waals surface area contributed by atoms with E-state index < -0.39 is 15.7 Å². The molecule has 3 rings (SSSR count). The molecule has 6 heteroatoms. The summed E-state index contributed by atoms with van der Waals surface area (Å²) in [4.78, 5) is 3.97. The minimum absolute atomic E-state index is 0.0978. The van der Waals surface area contributed by atoms with E-state index in [4.69, 9.17) is 4.42 Å². The van der Waals surface area contributed by atoms with Crippen LogP contribution in [0, 0.1) is 12.7 Å². The monoisotopic (exact) mass is 317 g/mol. The molecule has 1 heterocycles. The second kappa shape index (κ2) is 5.38. The van der Waals surface area contributed by atoms with E-state index in [0.29, 0.717) is 5.56 Å². The summed E-state index contributed by atoms with van der Waals surface area (Å²) in [6.07, 6.45) is 1.07. The van der Waals surface area contributed by atoms with Crippen LogP contribution in [-0.4, -0.2) is 13.4 Å². The molecule has 4 nitrogen and oxygen atoms in total. The Bertz CT molecular complexity index is 897. The van der Waals surface area contributed by atoms with Gasteiger partial charge in [-0.2, -0.15) is 0 Å². The largest absolute Gasteiger partial charge is 0.442 e. The minimum Gasteiger partial charge on any atom is -0.442 e. The molecule has 22 heavy (non-hydrogen) atoms. The van der Waals surface area contributed by atoms with Gasteiger partial charge in [0.15, 0.2) is 12.2 Å². The highest BCUT2D eigenvalue weighted by Crippen LogP contribution is 2.30. The Morgan fingerprint density at radius 1 is 1.00 bits per heavy atom. The lowest BCUT2D eigenvalue weighted by Crippen LogP contribution is -2.04. The fraction of sp³-hybridized carbons (Fsp3) is 0.0625. The van der Waals surface area contributed by atoms with Crippen molar-refractivity contribution in [2.24, 2.45) is 0 Å². The highest BCUT2D eigenvalue weighted by Gasteiger charge is 2.26. The number of benzene rings is 2. The third-order valence-corrected chi connectivity index (χ3v) is 4.92. The van der Waals surface area contributed by atoms with Crippen LogP contribution in [-0.2, 0) is 9.84 Å². The van der Waals surface area contributed by atoms with Gasteiger partial charge < -0.3 is 4.42 Å². The standard InChI is InChI=1S/C16H12FNO3S/c1-11-2-8-14(9-3-11)22(19,20)16-15(21-10-18-16)12-4-6-13(17)7-5-12/h2-10H,1H3. The number of aryl methyl sites for hydroxylation is 1. The van der Waals surface area contributed by atoms with Crippen molar-refractivity contribution in [1.82, 2.24) is 4.98 Å². The molecule has 0 spiro atoms. The molecular weight excluding hydrogens is 305 g/mol. The van der Waals surface area contributed by atoms with Crippen molar-refractivity contribution >= 4 is 9.84 Å². The van der Waals surface area contributed by atoms with E-state index in [1.54, 1.807) is 12.1 Å². The molecule has 0 amide bonds. The lowest BCUT2D eigenvalue weighted by Gasteiger charge is -2.04. The Morgan fingerprint density at radius 3 is 2.27 bits per heavy atom. The highest BCUT2D eigenvalue weighted by atomic mass is 32.2. The number of halogens is 1. The van der Waals surface area contributed by atoms with Crippen molar-refractivity contribution in [1.29, 1.82) is 0 Å². The molecule has 0 atom stereocenters. The Kier molecular flexibility index (Phi) is 3.54. The van der Waals surface area contributed by atoms with Crippen molar-refractivity contribution in [3.63, 3.8) is 0 Å². The summed E-state index contributed by atoms with van der Waals surface area (Å²) in [5.41, 5.74) is 1.41. The third-order valence-electron chi connectivity index (χ3n) is 3.23. The highest BCUT2D eigenvalue weighted by molar-refractivity contribution is 7.91. The second-order valence-corrected chi connectivity index (χ2v) is 6.67. The molecule has 1 aromatic heterocycles. The molecule has 0 radical (unpaired) electrons. The maximum Gasteiger partial charge on any atom is 0.227 e. The van der Waals surface area contributed by atoms with E-state index >= 15 is 0 Å². The van der Waals surface area contributed by atoms with Gasteiger partial charge in [0.05, 0.1) is 4.90 Å². The third kappa shape index (κ3) is 2.53. The van der Waals surface area contributed by atoms with E-state index in [9.17, 15) is 12.8 Å². The molecule has 0 saturated heterocycles. The van der Waals surface area contributed by atoms with E-state index in [1.165, 1.54) is 36.4 Å². The van der Waals surface area contributed by atoms with Crippen molar-refractivity contribution in [2.75, 3.05) is 0 Å². The molecule has 0 fully saturated rings. The quantitative estimate of drug-likeness (QED) is 0.740. The first kappa shape index (κ1) is 14.5. The molecule has 112 valence electrons. The predicted octanol–water partition coefficient (Wildman–Crippen LogP) is 3.62. The first-order valence-corrected chi connectivity index (χ1v) is 7.98. The lowest BCUT2D eigenvalue weighted by molar-refractivity contribution is 0.567. The van der Waals surface area contributed by atoms with Gasteiger partial charge >= 0.3 is 0 Å². The molecule has 0 saturated carbocycles. The van der Waals surface area contributed by atoms with Crippen molar-refractivity contribution in [3.8, 4) is 11.3 Å². The number of rotatable bonds is 3. The average molecular weight is 317 g/mol. The van der Waals surface area contributed by atoms with Crippen molar-refractivity contribution in [2.45, 2.75) is 16.8 Å². The zero-order valence-corrected chi connectivity index (χ0v) is 12.5. The summed E-state index contributed by atoms with van der Waals surface area (Å²) in [7, 11) is -3.80. The number of hydrogen-bond donors (Lipinski definition) is 0. The molecule has 2 aromatic carbocycles. The summed E-state index contributed by atoms with van der Waals surface area (Å²) in [5, 5.41) is -0.178. The number of nitrogens with zero attached hydrogens (tertiary/aromatic N) is 1. The average Bonchev–Trinajstić information content (AvgIpc) is 2.99. The molecule has 0 aliphatic heterocycles. The van der Waals surface area contributed by atoms with Gasteiger partial charge in [0.1, 0.15) is 5.82 Å².